The highest BCUT2D eigenvalue weighted by atomic mass is 32.1. The zero-order valence-corrected chi connectivity index (χ0v) is 16.4. The van der Waals surface area contributed by atoms with E-state index in [4.69, 9.17) is 9.47 Å². The van der Waals surface area contributed by atoms with Gasteiger partial charge < -0.3 is 14.4 Å². The molecule has 0 bridgehead atoms. The third-order valence-corrected chi connectivity index (χ3v) is 5.35. The zero-order valence-electron chi connectivity index (χ0n) is 15.6. The number of amides is 3. The second-order valence-corrected chi connectivity index (χ2v) is 7.09. The number of likely N-dealkylation sites (tertiary alicyclic amines) is 1. The lowest BCUT2D eigenvalue weighted by atomic mass is 10.2. The van der Waals surface area contributed by atoms with E-state index in [1.165, 1.54) is 31.6 Å². The number of hydrazine groups is 1. The summed E-state index contributed by atoms with van der Waals surface area (Å²) in [5.74, 6) is -0.180. The molecule has 2 heterocycles. The maximum Gasteiger partial charge on any atom is 0.269 e. The Kier molecular flexibility index (Phi) is 6.15. The van der Waals surface area contributed by atoms with Crippen LogP contribution in [0.3, 0.4) is 0 Å². The van der Waals surface area contributed by atoms with Gasteiger partial charge in [0.2, 0.25) is 0 Å². The highest BCUT2D eigenvalue weighted by Crippen LogP contribution is 2.27. The van der Waals surface area contributed by atoms with E-state index >= 15 is 0 Å². The van der Waals surface area contributed by atoms with Crippen molar-refractivity contribution in [1.29, 1.82) is 0 Å². The Labute approximate surface area is 166 Å². The number of nitrogens with one attached hydrogen (secondary N) is 2. The first-order valence-electron chi connectivity index (χ1n) is 8.72. The zero-order chi connectivity index (χ0) is 20.1. The van der Waals surface area contributed by atoms with E-state index in [0.29, 0.717) is 34.9 Å². The lowest BCUT2D eigenvalue weighted by Gasteiger charge is -2.23. The van der Waals surface area contributed by atoms with Crippen LogP contribution in [0.4, 0.5) is 0 Å². The summed E-state index contributed by atoms with van der Waals surface area (Å²) in [7, 11) is 2.98. The Bertz CT molecular complexity index is 868. The molecule has 2 aromatic rings. The van der Waals surface area contributed by atoms with Gasteiger partial charge in [0.05, 0.1) is 19.1 Å². The molecule has 0 aliphatic carbocycles. The standard InChI is InChI=1S/C19H21N3O5S/c1-26-14-8-7-12(11-15(14)27-2)17(23)20-21-18(24)13-5-3-9-22(13)19(25)16-6-4-10-28-16/h4,6-8,10-11,13H,3,5,9H2,1-2H3,(H,20,23)(H,21,24). The Hall–Kier alpha value is -3.07. The van der Waals surface area contributed by atoms with Gasteiger partial charge in [0.25, 0.3) is 17.7 Å². The molecule has 9 heteroatoms. The van der Waals surface area contributed by atoms with E-state index in [0.717, 1.165) is 6.42 Å². The molecule has 1 saturated heterocycles. The highest BCUT2D eigenvalue weighted by molar-refractivity contribution is 7.12. The van der Waals surface area contributed by atoms with Gasteiger partial charge >= 0.3 is 0 Å². The number of benzene rings is 1. The van der Waals surface area contributed by atoms with Crippen molar-refractivity contribution in [2.45, 2.75) is 18.9 Å². The van der Waals surface area contributed by atoms with Gasteiger partial charge in [-0.1, -0.05) is 6.07 Å². The van der Waals surface area contributed by atoms with E-state index in [1.807, 2.05) is 5.38 Å². The molecular weight excluding hydrogens is 382 g/mol. The van der Waals surface area contributed by atoms with Gasteiger partial charge in [-0.2, -0.15) is 0 Å². The summed E-state index contributed by atoms with van der Waals surface area (Å²) < 4.78 is 10.3. The molecule has 1 aliphatic heterocycles. The number of methoxy groups -OCH3 is 2. The van der Waals surface area contributed by atoms with Crippen molar-refractivity contribution in [3.63, 3.8) is 0 Å². The number of hydrogen-bond donors (Lipinski definition) is 2. The Balaban J connectivity index is 1.61. The monoisotopic (exact) mass is 403 g/mol. The Morgan fingerprint density at radius 1 is 1.11 bits per heavy atom. The van der Waals surface area contributed by atoms with E-state index in [1.54, 1.807) is 29.2 Å². The summed E-state index contributed by atoms with van der Waals surface area (Å²) in [5, 5.41) is 1.82. The normalized spacial score (nSPS) is 15.8. The molecule has 1 aromatic heterocycles. The molecule has 1 aliphatic rings. The summed E-state index contributed by atoms with van der Waals surface area (Å²) in [6.07, 6.45) is 1.29. The van der Waals surface area contributed by atoms with Crippen LogP contribution in [-0.4, -0.2) is 49.4 Å². The van der Waals surface area contributed by atoms with Crippen LogP contribution in [0.2, 0.25) is 0 Å². The number of thiophene rings is 1. The van der Waals surface area contributed by atoms with Gasteiger partial charge in [0.15, 0.2) is 11.5 Å². The first-order valence-corrected chi connectivity index (χ1v) is 9.59. The van der Waals surface area contributed by atoms with Crippen LogP contribution in [0.25, 0.3) is 0 Å². The fraction of sp³-hybridized carbons (Fsp3) is 0.316. The van der Waals surface area contributed by atoms with Gasteiger partial charge in [0, 0.05) is 12.1 Å². The third kappa shape index (κ3) is 4.09. The first kappa shape index (κ1) is 19.7. The Morgan fingerprint density at radius 2 is 1.89 bits per heavy atom. The van der Waals surface area contributed by atoms with E-state index in [9.17, 15) is 14.4 Å². The topological polar surface area (TPSA) is 97.0 Å². The molecule has 148 valence electrons. The van der Waals surface area contributed by atoms with Gasteiger partial charge in [-0.15, -0.1) is 11.3 Å². The molecule has 1 aromatic carbocycles. The van der Waals surface area contributed by atoms with Crippen LogP contribution in [0, 0.1) is 0 Å². The number of hydrogen-bond acceptors (Lipinski definition) is 6. The number of nitrogens with zero attached hydrogens (tertiary/aromatic N) is 1. The van der Waals surface area contributed by atoms with E-state index in [-0.39, 0.29) is 5.91 Å². The van der Waals surface area contributed by atoms with Crippen molar-refractivity contribution in [3.05, 3.63) is 46.2 Å². The van der Waals surface area contributed by atoms with Crippen LogP contribution in [0.5, 0.6) is 11.5 Å². The third-order valence-electron chi connectivity index (χ3n) is 4.49. The molecule has 8 nitrogen and oxygen atoms in total. The van der Waals surface area contributed by atoms with Crippen LogP contribution >= 0.6 is 11.3 Å². The van der Waals surface area contributed by atoms with Crippen molar-refractivity contribution in [1.82, 2.24) is 15.8 Å². The summed E-state index contributed by atoms with van der Waals surface area (Å²) in [5.41, 5.74) is 5.11. The molecule has 1 atom stereocenters. The molecule has 3 rings (SSSR count). The molecular formula is C19H21N3O5S. The summed E-state index contributed by atoms with van der Waals surface area (Å²) >= 11 is 1.34. The SMILES string of the molecule is COc1ccc(C(=O)NNC(=O)C2CCCN2C(=O)c2cccs2)cc1OC. The van der Waals surface area contributed by atoms with Gasteiger partial charge in [0.1, 0.15) is 6.04 Å². The quantitative estimate of drug-likeness (QED) is 0.743. The minimum absolute atomic E-state index is 0.168. The molecule has 0 radical (unpaired) electrons. The predicted molar refractivity (Wildman–Crippen MR) is 104 cm³/mol. The molecule has 1 fully saturated rings. The maximum atomic E-state index is 12.6. The fourth-order valence-electron chi connectivity index (χ4n) is 3.08. The van der Waals surface area contributed by atoms with Crippen LogP contribution in [0.15, 0.2) is 35.7 Å². The number of carbonyl (C=O) groups excluding carboxylic acids is 3. The average Bonchev–Trinajstić information content (AvgIpc) is 3.42. The molecule has 3 amide bonds. The lowest BCUT2D eigenvalue weighted by Crippen LogP contribution is -2.51. The smallest absolute Gasteiger partial charge is 0.269 e. The highest BCUT2D eigenvalue weighted by Gasteiger charge is 2.35. The number of rotatable bonds is 5. The lowest BCUT2D eigenvalue weighted by molar-refractivity contribution is -0.125. The molecule has 0 spiro atoms. The van der Waals surface area contributed by atoms with E-state index < -0.39 is 17.9 Å². The minimum Gasteiger partial charge on any atom is -0.493 e. The molecule has 1 unspecified atom stereocenters. The van der Waals surface area contributed by atoms with Crippen molar-refractivity contribution in [2.75, 3.05) is 20.8 Å². The van der Waals surface area contributed by atoms with Crippen molar-refractivity contribution >= 4 is 29.1 Å². The first-order chi connectivity index (χ1) is 13.5. The van der Waals surface area contributed by atoms with Crippen molar-refractivity contribution in [3.8, 4) is 11.5 Å². The summed E-state index contributed by atoms with van der Waals surface area (Å²) in [4.78, 5) is 39.6. The van der Waals surface area contributed by atoms with Gasteiger partial charge in [-0.05, 0) is 42.5 Å². The summed E-state index contributed by atoms with van der Waals surface area (Å²) in [6, 6.07) is 7.60. The second kappa shape index (κ2) is 8.75. The van der Waals surface area contributed by atoms with Crippen molar-refractivity contribution in [2.24, 2.45) is 0 Å². The molecule has 28 heavy (non-hydrogen) atoms. The minimum atomic E-state index is -0.611. The van der Waals surface area contributed by atoms with Crippen LogP contribution in [0.1, 0.15) is 32.9 Å². The van der Waals surface area contributed by atoms with E-state index in [2.05, 4.69) is 10.9 Å². The number of carbonyl (C=O) groups is 3. The van der Waals surface area contributed by atoms with Gasteiger partial charge in [-0.3, -0.25) is 25.2 Å². The predicted octanol–water partition coefficient (Wildman–Crippen LogP) is 1.83. The molecule has 0 saturated carbocycles. The van der Waals surface area contributed by atoms with Gasteiger partial charge in [-0.25, -0.2) is 0 Å². The summed E-state index contributed by atoms with van der Waals surface area (Å²) in [6.45, 7) is 0.512. The number of ether oxygens (including phenoxy) is 2. The maximum absolute atomic E-state index is 12.6. The molecule has 2 N–H and O–H groups in total. The Morgan fingerprint density at radius 3 is 2.57 bits per heavy atom. The van der Waals surface area contributed by atoms with Crippen LogP contribution < -0.4 is 20.3 Å². The fourth-order valence-corrected chi connectivity index (χ4v) is 3.75. The average molecular weight is 403 g/mol. The largest absolute Gasteiger partial charge is 0.493 e. The van der Waals surface area contributed by atoms with Crippen LogP contribution in [-0.2, 0) is 4.79 Å². The second-order valence-electron chi connectivity index (χ2n) is 6.15. The van der Waals surface area contributed by atoms with Crippen molar-refractivity contribution < 1.29 is 23.9 Å².